The minimum absolute atomic E-state index is 0.477. The van der Waals surface area contributed by atoms with E-state index in [0.29, 0.717) is 11.5 Å². The van der Waals surface area contributed by atoms with Crippen LogP contribution < -0.4 is 11.1 Å². The second-order valence-corrected chi connectivity index (χ2v) is 5.91. The van der Waals surface area contributed by atoms with Crippen LogP contribution in [0.3, 0.4) is 0 Å². The summed E-state index contributed by atoms with van der Waals surface area (Å²) in [5.74, 6) is 0.929. The standard InChI is InChI=1S/C12H24N2/c1-12(2)7-9(12)8-14-11-5-3-10(13)4-6-11/h9-11,14H,3-8,13H2,1-2H3. The average Bonchev–Trinajstić information content (AvgIpc) is 2.73. The Morgan fingerprint density at radius 1 is 1.21 bits per heavy atom. The Labute approximate surface area is 87.6 Å². The number of hydrogen-bond donors (Lipinski definition) is 2. The summed E-state index contributed by atoms with van der Waals surface area (Å²) in [4.78, 5) is 0. The fourth-order valence-electron chi connectivity index (χ4n) is 2.56. The van der Waals surface area contributed by atoms with Crippen molar-refractivity contribution in [3.63, 3.8) is 0 Å². The zero-order valence-electron chi connectivity index (χ0n) is 9.55. The van der Waals surface area contributed by atoms with Gasteiger partial charge in [0.15, 0.2) is 0 Å². The number of hydrogen-bond acceptors (Lipinski definition) is 2. The third-order valence-electron chi connectivity index (χ3n) is 4.14. The number of nitrogens with one attached hydrogen (secondary N) is 1. The van der Waals surface area contributed by atoms with E-state index in [1.54, 1.807) is 0 Å². The Hall–Kier alpha value is -0.0800. The molecule has 2 nitrogen and oxygen atoms in total. The lowest BCUT2D eigenvalue weighted by atomic mass is 9.92. The van der Waals surface area contributed by atoms with Crippen molar-refractivity contribution in [2.45, 2.75) is 58.0 Å². The molecule has 2 aliphatic rings. The molecule has 3 N–H and O–H groups in total. The van der Waals surface area contributed by atoms with Gasteiger partial charge in [-0.1, -0.05) is 13.8 Å². The largest absolute Gasteiger partial charge is 0.328 e. The molecule has 0 saturated heterocycles. The predicted octanol–water partition coefficient (Wildman–Crippen LogP) is 1.89. The highest BCUT2D eigenvalue weighted by Crippen LogP contribution is 2.51. The molecule has 0 spiro atoms. The van der Waals surface area contributed by atoms with E-state index < -0.39 is 0 Å². The molecule has 0 aliphatic heterocycles. The second-order valence-electron chi connectivity index (χ2n) is 5.91. The molecule has 0 aromatic heterocycles. The maximum atomic E-state index is 5.88. The molecule has 2 rings (SSSR count). The summed E-state index contributed by atoms with van der Waals surface area (Å²) < 4.78 is 0. The quantitative estimate of drug-likeness (QED) is 0.723. The summed E-state index contributed by atoms with van der Waals surface area (Å²) in [7, 11) is 0. The molecule has 0 aromatic carbocycles. The molecule has 0 amide bonds. The Balaban J connectivity index is 1.62. The third-order valence-corrected chi connectivity index (χ3v) is 4.14. The van der Waals surface area contributed by atoms with Gasteiger partial charge in [0.05, 0.1) is 0 Å². The van der Waals surface area contributed by atoms with Crippen molar-refractivity contribution in [2.75, 3.05) is 6.54 Å². The first-order valence-corrected chi connectivity index (χ1v) is 6.07. The lowest BCUT2D eigenvalue weighted by Gasteiger charge is -2.27. The topological polar surface area (TPSA) is 38.0 Å². The van der Waals surface area contributed by atoms with Gasteiger partial charge in [-0.25, -0.2) is 0 Å². The van der Waals surface area contributed by atoms with E-state index in [-0.39, 0.29) is 0 Å². The molecule has 82 valence electrons. The molecule has 0 heterocycles. The van der Waals surface area contributed by atoms with Crippen LogP contribution in [0.1, 0.15) is 46.0 Å². The molecule has 2 aliphatic carbocycles. The Morgan fingerprint density at radius 3 is 2.29 bits per heavy atom. The number of nitrogens with two attached hydrogens (primary N) is 1. The molecule has 2 fully saturated rings. The van der Waals surface area contributed by atoms with Crippen molar-refractivity contribution in [2.24, 2.45) is 17.1 Å². The molecular weight excluding hydrogens is 172 g/mol. The first kappa shape index (κ1) is 10.4. The van der Waals surface area contributed by atoms with Gasteiger partial charge in [-0.2, -0.15) is 0 Å². The van der Waals surface area contributed by atoms with Gasteiger partial charge in [0, 0.05) is 12.1 Å². The van der Waals surface area contributed by atoms with Crippen LogP contribution in [0.2, 0.25) is 0 Å². The monoisotopic (exact) mass is 196 g/mol. The zero-order chi connectivity index (χ0) is 10.2. The minimum atomic E-state index is 0.477. The maximum Gasteiger partial charge on any atom is 0.00683 e. The lowest BCUT2D eigenvalue weighted by molar-refractivity contribution is 0.334. The van der Waals surface area contributed by atoms with E-state index in [0.717, 1.165) is 12.0 Å². The second kappa shape index (κ2) is 3.82. The molecule has 1 atom stereocenters. The van der Waals surface area contributed by atoms with Crippen LogP contribution in [0.5, 0.6) is 0 Å². The van der Waals surface area contributed by atoms with Crippen LogP contribution in [0.25, 0.3) is 0 Å². The van der Waals surface area contributed by atoms with Crippen LogP contribution in [-0.4, -0.2) is 18.6 Å². The van der Waals surface area contributed by atoms with Gasteiger partial charge >= 0.3 is 0 Å². The molecule has 1 unspecified atom stereocenters. The van der Waals surface area contributed by atoms with Gasteiger partial charge < -0.3 is 11.1 Å². The summed E-state index contributed by atoms with van der Waals surface area (Å²) in [6, 6.07) is 1.23. The molecule has 0 bridgehead atoms. The predicted molar refractivity (Wildman–Crippen MR) is 60.1 cm³/mol. The molecule has 2 saturated carbocycles. The Kier molecular flexibility index (Phi) is 2.85. The van der Waals surface area contributed by atoms with Gasteiger partial charge in [-0.3, -0.25) is 0 Å². The fourth-order valence-corrected chi connectivity index (χ4v) is 2.56. The summed E-state index contributed by atoms with van der Waals surface area (Å²) >= 11 is 0. The highest BCUT2D eigenvalue weighted by molar-refractivity contribution is 4.96. The zero-order valence-corrected chi connectivity index (χ0v) is 9.55. The van der Waals surface area contributed by atoms with Crippen LogP contribution in [-0.2, 0) is 0 Å². The van der Waals surface area contributed by atoms with Gasteiger partial charge in [-0.05, 0) is 50.0 Å². The molecule has 14 heavy (non-hydrogen) atoms. The van der Waals surface area contributed by atoms with E-state index in [2.05, 4.69) is 19.2 Å². The Morgan fingerprint density at radius 2 is 1.79 bits per heavy atom. The van der Waals surface area contributed by atoms with Crippen molar-refractivity contribution in [3.05, 3.63) is 0 Å². The molecule has 0 aromatic rings. The van der Waals surface area contributed by atoms with Crippen molar-refractivity contribution >= 4 is 0 Å². The van der Waals surface area contributed by atoms with Crippen LogP contribution in [0, 0.1) is 11.3 Å². The van der Waals surface area contributed by atoms with Gasteiger partial charge in [0.2, 0.25) is 0 Å². The highest BCUT2D eigenvalue weighted by atomic mass is 14.9. The summed E-state index contributed by atoms with van der Waals surface area (Å²) in [6.07, 6.45) is 6.41. The smallest absolute Gasteiger partial charge is 0.00683 e. The molecule has 2 heteroatoms. The van der Waals surface area contributed by atoms with Crippen molar-refractivity contribution in [3.8, 4) is 0 Å². The van der Waals surface area contributed by atoms with E-state index in [1.807, 2.05) is 0 Å². The van der Waals surface area contributed by atoms with Gasteiger partial charge in [0.25, 0.3) is 0 Å². The Bertz CT molecular complexity index is 192. The van der Waals surface area contributed by atoms with E-state index in [4.69, 9.17) is 5.73 Å². The first-order valence-electron chi connectivity index (χ1n) is 6.07. The maximum absolute atomic E-state index is 5.88. The van der Waals surface area contributed by atoms with Gasteiger partial charge in [-0.15, -0.1) is 0 Å². The normalized spacial score (nSPS) is 40.9. The lowest BCUT2D eigenvalue weighted by Crippen LogP contribution is -2.38. The highest BCUT2D eigenvalue weighted by Gasteiger charge is 2.45. The number of rotatable bonds is 3. The SMILES string of the molecule is CC1(C)CC1CNC1CCC(N)CC1. The summed E-state index contributed by atoms with van der Waals surface area (Å²) in [5, 5.41) is 3.70. The van der Waals surface area contributed by atoms with E-state index in [9.17, 15) is 0 Å². The van der Waals surface area contributed by atoms with Crippen molar-refractivity contribution in [1.82, 2.24) is 5.32 Å². The van der Waals surface area contributed by atoms with E-state index >= 15 is 0 Å². The third kappa shape index (κ3) is 2.48. The van der Waals surface area contributed by atoms with Crippen molar-refractivity contribution < 1.29 is 0 Å². The van der Waals surface area contributed by atoms with Gasteiger partial charge in [0.1, 0.15) is 0 Å². The summed E-state index contributed by atoms with van der Waals surface area (Å²) in [6.45, 7) is 5.97. The van der Waals surface area contributed by atoms with Crippen LogP contribution in [0.15, 0.2) is 0 Å². The summed E-state index contributed by atoms with van der Waals surface area (Å²) in [5.41, 5.74) is 6.50. The minimum Gasteiger partial charge on any atom is -0.328 e. The van der Waals surface area contributed by atoms with Crippen molar-refractivity contribution in [1.29, 1.82) is 0 Å². The van der Waals surface area contributed by atoms with Crippen LogP contribution in [0.4, 0.5) is 0 Å². The molecule has 0 radical (unpaired) electrons. The van der Waals surface area contributed by atoms with E-state index in [1.165, 1.54) is 38.6 Å². The van der Waals surface area contributed by atoms with Crippen LogP contribution >= 0.6 is 0 Å². The molecular formula is C12H24N2. The fraction of sp³-hybridized carbons (Fsp3) is 1.00. The average molecular weight is 196 g/mol. The first-order chi connectivity index (χ1) is 6.58.